The molecule has 0 aliphatic carbocycles. The minimum atomic E-state index is -0.0615. The SMILES string of the molecule is C=CCC(=O)NCC1Cc2cccc(-c3ncccn3)c2O1. The van der Waals surface area contributed by atoms with Gasteiger partial charge in [-0.3, -0.25) is 4.79 Å². The summed E-state index contributed by atoms with van der Waals surface area (Å²) in [5.74, 6) is 1.42. The second kappa shape index (κ2) is 6.39. The number of aromatic nitrogens is 2. The predicted molar refractivity (Wildman–Crippen MR) is 83.4 cm³/mol. The first kappa shape index (κ1) is 14.3. The Morgan fingerprint density at radius 1 is 1.36 bits per heavy atom. The van der Waals surface area contributed by atoms with Gasteiger partial charge in [-0.25, -0.2) is 9.97 Å². The molecule has 1 amide bonds. The standard InChI is InChI=1S/C17H17N3O2/c1-2-5-15(21)20-11-13-10-12-6-3-7-14(16(12)22-13)17-18-8-4-9-19-17/h2-4,6-9,13H,1,5,10-11H2,(H,20,21). The van der Waals surface area contributed by atoms with E-state index in [0.717, 1.165) is 23.3 Å². The van der Waals surface area contributed by atoms with Gasteiger partial charge in [0.05, 0.1) is 12.1 Å². The Morgan fingerprint density at radius 3 is 2.95 bits per heavy atom. The summed E-state index contributed by atoms with van der Waals surface area (Å²) in [6.07, 6.45) is 6.04. The molecule has 1 aromatic carbocycles. The minimum Gasteiger partial charge on any atom is -0.487 e. The van der Waals surface area contributed by atoms with Crippen molar-refractivity contribution < 1.29 is 9.53 Å². The molecule has 5 nitrogen and oxygen atoms in total. The normalized spacial score (nSPS) is 15.7. The number of carbonyl (C=O) groups excluding carboxylic acids is 1. The van der Waals surface area contributed by atoms with E-state index in [-0.39, 0.29) is 12.0 Å². The largest absolute Gasteiger partial charge is 0.487 e. The molecule has 0 bridgehead atoms. The molecule has 22 heavy (non-hydrogen) atoms. The lowest BCUT2D eigenvalue weighted by Crippen LogP contribution is -2.34. The molecule has 2 aromatic rings. The van der Waals surface area contributed by atoms with Crippen molar-refractivity contribution in [3.8, 4) is 17.1 Å². The molecule has 1 N–H and O–H groups in total. The summed E-state index contributed by atoms with van der Waals surface area (Å²) in [5.41, 5.74) is 2.01. The number of hydrogen-bond acceptors (Lipinski definition) is 4. The zero-order chi connectivity index (χ0) is 15.4. The summed E-state index contributed by atoms with van der Waals surface area (Å²) in [4.78, 5) is 20.1. The Balaban J connectivity index is 1.74. The van der Waals surface area contributed by atoms with E-state index >= 15 is 0 Å². The summed E-state index contributed by atoms with van der Waals surface area (Å²) in [6.45, 7) is 4.03. The molecular weight excluding hydrogens is 278 g/mol. The summed E-state index contributed by atoms with van der Waals surface area (Å²) >= 11 is 0. The van der Waals surface area contributed by atoms with Gasteiger partial charge in [0.1, 0.15) is 11.9 Å². The van der Waals surface area contributed by atoms with E-state index in [2.05, 4.69) is 21.9 Å². The van der Waals surface area contributed by atoms with E-state index in [1.54, 1.807) is 24.5 Å². The van der Waals surface area contributed by atoms with E-state index in [9.17, 15) is 4.79 Å². The third kappa shape index (κ3) is 2.98. The van der Waals surface area contributed by atoms with Gasteiger partial charge in [-0.15, -0.1) is 6.58 Å². The predicted octanol–water partition coefficient (Wildman–Crippen LogP) is 2.14. The molecule has 1 aliphatic heterocycles. The molecule has 2 heterocycles. The molecule has 0 radical (unpaired) electrons. The van der Waals surface area contributed by atoms with E-state index in [1.165, 1.54) is 0 Å². The summed E-state index contributed by atoms with van der Waals surface area (Å²) in [7, 11) is 0. The molecule has 0 saturated carbocycles. The lowest BCUT2D eigenvalue weighted by atomic mass is 10.1. The number of nitrogens with zero attached hydrogens (tertiary/aromatic N) is 2. The topological polar surface area (TPSA) is 64.1 Å². The highest BCUT2D eigenvalue weighted by Crippen LogP contribution is 2.37. The van der Waals surface area contributed by atoms with Gasteiger partial charge in [0.2, 0.25) is 5.91 Å². The number of carbonyl (C=O) groups is 1. The maximum atomic E-state index is 11.5. The first-order valence-corrected chi connectivity index (χ1v) is 7.21. The van der Waals surface area contributed by atoms with Crippen LogP contribution in [0.25, 0.3) is 11.4 Å². The number of hydrogen-bond donors (Lipinski definition) is 1. The quantitative estimate of drug-likeness (QED) is 0.858. The van der Waals surface area contributed by atoms with E-state index < -0.39 is 0 Å². The van der Waals surface area contributed by atoms with Crippen LogP contribution >= 0.6 is 0 Å². The molecule has 112 valence electrons. The van der Waals surface area contributed by atoms with Crippen molar-refractivity contribution >= 4 is 5.91 Å². The van der Waals surface area contributed by atoms with Crippen LogP contribution in [0.2, 0.25) is 0 Å². The highest BCUT2D eigenvalue weighted by molar-refractivity contribution is 5.77. The van der Waals surface area contributed by atoms with Crippen LogP contribution in [0, 0.1) is 0 Å². The second-order valence-corrected chi connectivity index (χ2v) is 5.11. The number of nitrogens with one attached hydrogen (secondary N) is 1. The van der Waals surface area contributed by atoms with Gasteiger partial charge in [-0.05, 0) is 17.7 Å². The Kier molecular flexibility index (Phi) is 4.14. The Hall–Kier alpha value is -2.69. The van der Waals surface area contributed by atoms with Crippen LogP contribution < -0.4 is 10.1 Å². The van der Waals surface area contributed by atoms with Crippen LogP contribution in [0.5, 0.6) is 5.75 Å². The van der Waals surface area contributed by atoms with Crippen LogP contribution in [-0.4, -0.2) is 28.5 Å². The third-order valence-electron chi connectivity index (χ3n) is 3.49. The van der Waals surface area contributed by atoms with Gasteiger partial charge < -0.3 is 10.1 Å². The molecule has 5 heteroatoms. The molecule has 0 spiro atoms. The Labute approximate surface area is 129 Å². The number of benzene rings is 1. The van der Waals surface area contributed by atoms with Crippen molar-refractivity contribution in [1.29, 1.82) is 0 Å². The highest BCUT2D eigenvalue weighted by Gasteiger charge is 2.26. The van der Waals surface area contributed by atoms with Crippen molar-refractivity contribution in [2.75, 3.05) is 6.54 Å². The third-order valence-corrected chi connectivity index (χ3v) is 3.49. The van der Waals surface area contributed by atoms with Crippen molar-refractivity contribution in [3.05, 3.63) is 54.9 Å². The molecule has 1 atom stereocenters. The van der Waals surface area contributed by atoms with E-state index in [4.69, 9.17) is 4.74 Å². The van der Waals surface area contributed by atoms with Gasteiger partial charge in [0.25, 0.3) is 0 Å². The van der Waals surface area contributed by atoms with E-state index in [0.29, 0.717) is 18.8 Å². The van der Waals surface area contributed by atoms with Gasteiger partial charge in [-0.2, -0.15) is 0 Å². The Morgan fingerprint density at radius 2 is 2.18 bits per heavy atom. The highest BCUT2D eigenvalue weighted by atomic mass is 16.5. The molecule has 1 unspecified atom stereocenters. The first-order valence-electron chi connectivity index (χ1n) is 7.21. The van der Waals surface area contributed by atoms with Crippen LogP contribution in [0.3, 0.4) is 0 Å². The lowest BCUT2D eigenvalue weighted by Gasteiger charge is -2.12. The van der Waals surface area contributed by atoms with Crippen LogP contribution in [-0.2, 0) is 11.2 Å². The summed E-state index contributed by atoms with van der Waals surface area (Å²) in [6, 6.07) is 7.75. The maximum Gasteiger partial charge on any atom is 0.223 e. The number of ether oxygens (including phenoxy) is 1. The fraction of sp³-hybridized carbons (Fsp3) is 0.235. The number of fused-ring (bicyclic) bond motifs is 1. The minimum absolute atomic E-state index is 0.0406. The van der Waals surface area contributed by atoms with Crippen molar-refractivity contribution in [2.24, 2.45) is 0 Å². The monoisotopic (exact) mass is 295 g/mol. The van der Waals surface area contributed by atoms with Gasteiger partial charge in [0, 0.05) is 25.2 Å². The zero-order valence-electron chi connectivity index (χ0n) is 12.2. The second-order valence-electron chi connectivity index (χ2n) is 5.11. The smallest absolute Gasteiger partial charge is 0.223 e. The maximum absolute atomic E-state index is 11.5. The van der Waals surface area contributed by atoms with Crippen LogP contribution in [0.1, 0.15) is 12.0 Å². The van der Waals surface area contributed by atoms with Crippen molar-refractivity contribution in [3.63, 3.8) is 0 Å². The number of para-hydroxylation sites is 1. The van der Waals surface area contributed by atoms with Crippen molar-refractivity contribution in [1.82, 2.24) is 15.3 Å². The average Bonchev–Trinajstić information content (AvgIpc) is 2.97. The lowest BCUT2D eigenvalue weighted by molar-refractivity contribution is -0.120. The fourth-order valence-corrected chi connectivity index (χ4v) is 2.50. The molecular formula is C17H17N3O2. The van der Waals surface area contributed by atoms with E-state index in [1.807, 2.05) is 18.2 Å². The van der Waals surface area contributed by atoms with Crippen LogP contribution in [0.4, 0.5) is 0 Å². The van der Waals surface area contributed by atoms with Crippen molar-refractivity contribution in [2.45, 2.75) is 18.9 Å². The van der Waals surface area contributed by atoms with Crippen LogP contribution in [0.15, 0.2) is 49.3 Å². The molecule has 1 aliphatic rings. The first-order chi connectivity index (χ1) is 10.8. The summed E-state index contributed by atoms with van der Waals surface area (Å²) in [5, 5.41) is 2.85. The van der Waals surface area contributed by atoms with Gasteiger partial charge in [-0.1, -0.05) is 18.2 Å². The zero-order valence-corrected chi connectivity index (χ0v) is 12.2. The Bertz CT molecular complexity index is 686. The number of rotatable bonds is 5. The molecule has 1 aromatic heterocycles. The summed E-state index contributed by atoms with van der Waals surface area (Å²) < 4.78 is 6.00. The number of amides is 1. The fourth-order valence-electron chi connectivity index (χ4n) is 2.50. The van der Waals surface area contributed by atoms with Gasteiger partial charge >= 0.3 is 0 Å². The molecule has 0 saturated heterocycles. The van der Waals surface area contributed by atoms with Gasteiger partial charge in [0.15, 0.2) is 5.82 Å². The molecule has 0 fully saturated rings. The average molecular weight is 295 g/mol. The molecule has 3 rings (SSSR count).